The van der Waals surface area contributed by atoms with Crippen molar-refractivity contribution in [3.8, 4) is 0 Å². The van der Waals surface area contributed by atoms with Crippen LogP contribution in [0.2, 0.25) is 0 Å². The lowest BCUT2D eigenvalue weighted by molar-refractivity contribution is -0.440. The molecule has 0 bridgehead atoms. The first kappa shape index (κ1) is 39.4. The third-order valence-electron chi connectivity index (χ3n) is 6.01. The highest BCUT2D eigenvalue weighted by Gasteiger charge is 2.90. The average molecular weight is 638 g/mol. The molecular formula is C22H31F13O6. The Bertz CT molecular complexity index is 792. The van der Waals surface area contributed by atoms with Crippen LogP contribution in [-0.2, 0) is 9.53 Å². The smallest absolute Gasteiger partial charge is 0.460 e. The maximum Gasteiger partial charge on any atom is 0.460 e. The summed E-state index contributed by atoms with van der Waals surface area (Å²) >= 11 is 0. The van der Waals surface area contributed by atoms with E-state index < -0.39 is 86.1 Å². The van der Waals surface area contributed by atoms with Crippen molar-refractivity contribution in [2.75, 3.05) is 13.2 Å². The fourth-order valence-electron chi connectivity index (χ4n) is 3.35. The molecule has 0 aromatic rings. The predicted molar refractivity (Wildman–Crippen MR) is 113 cm³/mol. The summed E-state index contributed by atoms with van der Waals surface area (Å²) in [6.07, 6.45) is -14.1. The van der Waals surface area contributed by atoms with Gasteiger partial charge in [-0.3, -0.25) is 4.79 Å². The summed E-state index contributed by atoms with van der Waals surface area (Å²) in [4.78, 5) is 11.6. The molecule has 0 amide bonds. The Morgan fingerprint density at radius 3 is 1.44 bits per heavy atom. The molecule has 0 unspecified atom stereocenters. The van der Waals surface area contributed by atoms with Gasteiger partial charge in [0.25, 0.3) is 0 Å². The molecule has 0 fully saturated rings. The van der Waals surface area contributed by atoms with E-state index in [9.17, 15) is 72.1 Å². The van der Waals surface area contributed by atoms with E-state index in [1.807, 2.05) is 0 Å². The third kappa shape index (κ3) is 9.71. The number of hydrogen-bond acceptors (Lipinski definition) is 6. The Labute approximate surface area is 225 Å². The van der Waals surface area contributed by atoms with Crippen LogP contribution in [0.5, 0.6) is 0 Å². The molecule has 19 heteroatoms. The second-order valence-electron chi connectivity index (χ2n) is 9.32. The van der Waals surface area contributed by atoms with E-state index in [1.54, 1.807) is 0 Å². The summed E-state index contributed by atoms with van der Waals surface area (Å²) in [5.74, 6) is -37.5. The van der Waals surface area contributed by atoms with E-state index in [0.717, 1.165) is 0 Å². The molecule has 0 aromatic carbocycles. The molecule has 246 valence electrons. The fourth-order valence-corrected chi connectivity index (χ4v) is 3.35. The number of hydrogen-bond donors (Lipinski definition) is 4. The molecule has 4 N–H and O–H groups in total. The summed E-state index contributed by atoms with van der Waals surface area (Å²) in [7, 11) is 0. The molecule has 0 radical (unpaired) electrons. The lowest BCUT2D eigenvalue weighted by Gasteiger charge is -2.39. The van der Waals surface area contributed by atoms with Crippen molar-refractivity contribution in [2.24, 2.45) is 0 Å². The van der Waals surface area contributed by atoms with E-state index in [1.165, 1.54) is 0 Å². The van der Waals surface area contributed by atoms with Gasteiger partial charge in [-0.2, -0.15) is 57.1 Å². The van der Waals surface area contributed by atoms with E-state index in [-0.39, 0.29) is 25.7 Å². The quantitative estimate of drug-likeness (QED) is 0.0826. The molecule has 3 atom stereocenters. The summed E-state index contributed by atoms with van der Waals surface area (Å²) in [5.41, 5.74) is 0. The first-order chi connectivity index (χ1) is 18.4. The van der Waals surface area contributed by atoms with Crippen molar-refractivity contribution in [1.29, 1.82) is 0 Å². The van der Waals surface area contributed by atoms with E-state index in [4.69, 9.17) is 10.2 Å². The maximum absolute atomic E-state index is 13.7. The van der Waals surface area contributed by atoms with Gasteiger partial charge in [0.1, 0.15) is 24.9 Å². The van der Waals surface area contributed by atoms with Crippen molar-refractivity contribution < 1.29 is 87.0 Å². The van der Waals surface area contributed by atoms with Crippen LogP contribution in [0.3, 0.4) is 0 Å². The van der Waals surface area contributed by atoms with Crippen LogP contribution in [0.1, 0.15) is 64.2 Å². The number of unbranched alkanes of at least 4 members (excludes halogenated alkanes) is 7. The third-order valence-corrected chi connectivity index (χ3v) is 6.01. The van der Waals surface area contributed by atoms with Gasteiger partial charge in [-0.25, -0.2) is 0 Å². The molecule has 0 spiro atoms. The zero-order valence-electron chi connectivity index (χ0n) is 21.2. The molecule has 0 rings (SSSR count). The van der Waals surface area contributed by atoms with Gasteiger partial charge in [0.05, 0.1) is 6.61 Å². The maximum atomic E-state index is 13.7. The second kappa shape index (κ2) is 15.2. The highest BCUT2D eigenvalue weighted by atomic mass is 19.4. The van der Waals surface area contributed by atoms with Gasteiger partial charge >= 0.3 is 41.8 Å². The SMILES string of the molecule is O=C(CCCCCCCCCCC(F)(F)C(F)(F)C(F)(F)C(F)(F)C(F)(F)C(F)(F)F)OC[C@@H](O)[C@H](O)[C@@H](O)CO. The summed E-state index contributed by atoms with van der Waals surface area (Å²) < 4.78 is 174. The average Bonchev–Trinajstić information content (AvgIpc) is 2.85. The summed E-state index contributed by atoms with van der Waals surface area (Å²) in [6, 6.07) is 0. The van der Waals surface area contributed by atoms with Gasteiger partial charge in [0.15, 0.2) is 0 Å². The van der Waals surface area contributed by atoms with E-state index in [2.05, 4.69) is 4.74 Å². The van der Waals surface area contributed by atoms with Crippen molar-refractivity contribution in [1.82, 2.24) is 0 Å². The van der Waals surface area contributed by atoms with Crippen molar-refractivity contribution >= 4 is 5.97 Å². The van der Waals surface area contributed by atoms with Crippen molar-refractivity contribution in [3.63, 3.8) is 0 Å². The van der Waals surface area contributed by atoms with Gasteiger partial charge in [0.2, 0.25) is 0 Å². The second-order valence-corrected chi connectivity index (χ2v) is 9.32. The Kier molecular flexibility index (Phi) is 14.6. The number of halogens is 13. The van der Waals surface area contributed by atoms with Crippen molar-refractivity contribution in [3.05, 3.63) is 0 Å². The van der Waals surface area contributed by atoms with Crippen LogP contribution in [0.25, 0.3) is 0 Å². The van der Waals surface area contributed by atoms with E-state index in [0.29, 0.717) is 25.7 Å². The standard InChI is InChI=1S/C22H31F13O6/c23-17(24,18(25,26)19(27,28)20(29,30)21(31,32)22(33,34)35)10-8-6-4-2-1-3-5-7-9-15(39)41-12-14(38)16(40)13(37)11-36/h13-14,16,36-38,40H,1-12H2/t13-,14+,16+/m0/s1. The minimum atomic E-state index is -7.89. The molecule has 0 saturated heterocycles. The Balaban J connectivity index is 4.45. The van der Waals surface area contributed by atoms with E-state index >= 15 is 0 Å². The molecule has 0 heterocycles. The number of aliphatic hydroxyl groups excluding tert-OH is 4. The Morgan fingerprint density at radius 2 is 1.00 bits per heavy atom. The number of ether oxygens (including phenoxy) is 1. The number of alkyl halides is 13. The Hall–Kier alpha value is -1.60. The van der Waals surface area contributed by atoms with Crippen LogP contribution in [0.4, 0.5) is 57.1 Å². The number of aliphatic hydroxyl groups is 4. The highest BCUT2D eigenvalue weighted by molar-refractivity contribution is 5.69. The van der Waals surface area contributed by atoms with Crippen molar-refractivity contribution in [2.45, 2.75) is 118 Å². The zero-order valence-corrected chi connectivity index (χ0v) is 21.2. The lowest BCUT2D eigenvalue weighted by atomic mass is 9.91. The van der Waals surface area contributed by atoms with Gasteiger partial charge in [0, 0.05) is 12.8 Å². The van der Waals surface area contributed by atoms with Gasteiger partial charge in [-0.05, 0) is 12.8 Å². The van der Waals surface area contributed by atoms with Gasteiger partial charge in [-0.1, -0.05) is 38.5 Å². The molecule has 6 nitrogen and oxygen atoms in total. The normalized spacial score (nSPS) is 16.4. The summed E-state index contributed by atoms with van der Waals surface area (Å²) in [5, 5.41) is 36.7. The molecule has 0 saturated carbocycles. The highest BCUT2D eigenvalue weighted by Crippen LogP contribution is 2.60. The fraction of sp³-hybridized carbons (Fsp3) is 0.955. The number of carbonyl (C=O) groups is 1. The molecule has 0 aliphatic heterocycles. The van der Waals surface area contributed by atoms with Gasteiger partial charge in [-0.15, -0.1) is 0 Å². The largest absolute Gasteiger partial charge is 0.463 e. The molecular weight excluding hydrogens is 607 g/mol. The van der Waals surface area contributed by atoms with Crippen LogP contribution in [0.15, 0.2) is 0 Å². The number of rotatable bonds is 20. The number of carbonyl (C=O) groups excluding carboxylic acids is 1. The monoisotopic (exact) mass is 638 g/mol. The lowest BCUT2D eigenvalue weighted by Crippen LogP contribution is -2.70. The predicted octanol–water partition coefficient (Wildman–Crippen LogP) is 5.24. The zero-order chi connectivity index (χ0) is 32.5. The molecule has 0 aliphatic rings. The minimum absolute atomic E-state index is 0.0578. The molecule has 41 heavy (non-hydrogen) atoms. The Morgan fingerprint density at radius 1 is 0.585 bits per heavy atom. The van der Waals surface area contributed by atoms with Crippen LogP contribution < -0.4 is 0 Å². The molecule has 0 aromatic heterocycles. The first-order valence-corrected chi connectivity index (χ1v) is 12.2. The van der Waals surface area contributed by atoms with Gasteiger partial charge < -0.3 is 25.2 Å². The number of esters is 1. The summed E-state index contributed by atoms with van der Waals surface area (Å²) in [6.45, 7) is -1.49. The minimum Gasteiger partial charge on any atom is -0.463 e. The van der Waals surface area contributed by atoms with Crippen LogP contribution >= 0.6 is 0 Å². The van der Waals surface area contributed by atoms with Crippen LogP contribution in [0, 0.1) is 0 Å². The first-order valence-electron chi connectivity index (χ1n) is 12.2. The topological polar surface area (TPSA) is 107 Å². The molecule has 0 aliphatic carbocycles. The van der Waals surface area contributed by atoms with Crippen LogP contribution in [-0.4, -0.2) is 93.7 Å².